The van der Waals surface area contributed by atoms with Crippen LogP contribution < -0.4 is 15.2 Å². The van der Waals surface area contributed by atoms with E-state index in [4.69, 9.17) is 10.5 Å². The van der Waals surface area contributed by atoms with E-state index in [0.717, 1.165) is 10.0 Å². The van der Waals surface area contributed by atoms with Gasteiger partial charge in [0.05, 0.1) is 0 Å². The Bertz CT molecular complexity index is 632. The third-order valence-electron chi connectivity index (χ3n) is 2.53. The van der Waals surface area contributed by atoms with Gasteiger partial charge in [-0.05, 0) is 45.8 Å². The van der Waals surface area contributed by atoms with Crippen molar-refractivity contribution in [1.82, 2.24) is 0 Å². The van der Waals surface area contributed by atoms with Crippen LogP contribution in [0.3, 0.4) is 0 Å². The molecule has 0 saturated carbocycles. The first-order valence-corrected chi connectivity index (χ1v) is 6.66. The third-order valence-corrected chi connectivity index (χ3v) is 3.25. The topological polar surface area (TPSA) is 44.5 Å². The van der Waals surface area contributed by atoms with Crippen LogP contribution in [0, 0.1) is 0 Å². The number of benzene rings is 2. The molecule has 2 rings (SSSR count). The first kappa shape index (κ1) is 15.5. The van der Waals surface area contributed by atoms with Crippen molar-refractivity contribution in [2.24, 2.45) is 0 Å². The van der Waals surface area contributed by atoms with Crippen molar-refractivity contribution in [3.63, 3.8) is 0 Å². The molecule has 7 heteroatoms. The monoisotopic (exact) mass is 361 g/mol. The molecular formula is C14H11BrF3NO2. The van der Waals surface area contributed by atoms with Crippen molar-refractivity contribution in [3.05, 3.63) is 52.5 Å². The van der Waals surface area contributed by atoms with Gasteiger partial charge in [0.2, 0.25) is 0 Å². The van der Waals surface area contributed by atoms with Crippen LogP contribution in [0.4, 0.5) is 18.9 Å². The second kappa shape index (κ2) is 6.26. The predicted octanol–water partition coefficient (Wildman–Crippen LogP) is 4.51. The van der Waals surface area contributed by atoms with Crippen LogP contribution in [0.5, 0.6) is 11.5 Å². The second-order valence-electron chi connectivity index (χ2n) is 4.14. The molecule has 0 aliphatic heterocycles. The van der Waals surface area contributed by atoms with Gasteiger partial charge in [0.1, 0.15) is 6.61 Å². The second-order valence-corrected chi connectivity index (χ2v) is 4.99. The van der Waals surface area contributed by atoms with Gasteiger partial charge >= 0.3 is 6.36 Å². The first-order valence-electron chi connectivity index (χ1n) is 5.86. The Morgan fingerprint density at radius 2 is 1.71 bits per heavy atom. The molecule has 0 atom stereocenters. The minimum atomic E-state index is -4.76. The number of hydrogen-bond donors (Lipinski definition) is 1. The molecule has 0 aliphatic carbocycles. The molecule has 0 radical (unpaired) electrons. The van der Waals surface area contributed by atoms with E-state index in [2.05, 4.69) is 20.7 Å². The summed E-state index contributed by atoms with van der Waals surface area (Å²) < 4.78 is 46.9. The van der Waals surface area contributed by atoms with E-state index in [1.807, 2.05) is 0 Å². The molecule has 2 aromatic carbocycles. The van der Waals surface area contributed by atoms with Gasteiger partial charge in [0.15, 0.2) is 11.5 Å². The summed E-state index contributed by atoms with van der Waals surface area (Å²) in [6.07, 6.45) is -4.76. The zero-order valence-corrected chi connectivity index (χ0v) is 12.2. The minimum absolute atomic E-state index is 0.0105. The van der Waals surface area contributed by atoms with Crippen molar-refractivity contribution in [1.29, 1.82) is 0 Å². The van der Waals surface area contributed by atoms with Crippen LogP contribution in [-0.4, -0.2) is 6.36 Å². The minimum Gasteiger partial charge on any atom is -0.485 e. The summed E-state index contributed by atoms with van der Waals surface area (Å²) in [6, 6.07) is 10.8. The third kappa shape index (κ3) is 4.56. The predicted molar refractivity (Wildman–Crippen MR) is 76.0 cm³/mol. The van der Waals surface area contributed by atoms with Gasteiger partial charge < -0.3 is 15.2 Å². The normalized spacial score (nSPS) is 11.2. The van der Waals surface area contributed by atoms with E-state index >= 15 is 0 Å². The van der Waals surface area contributed by atoms with Gasteiger partial charge in [0, 0.05) is 10.2 Å². The molecular weight excluding hydrogens is 351 g/mol. The molecule has 0 saturated heterocycles. The van der Waals surface area contributed by atoms with Crippen LogP contribution in [0.25, 0.3) is 0 Å². The molecule has 0 amide bonds. The van der Waals surface area contributed by atoms with Crippen molar-refractivity contribution < 1.29 is 22.6 Å². The fourth-order valence-corrected chi connectivity index (χ4v) is 1.87. The Labute approximate surface area is 127 Å². The zero-order chi connectivity index (χ0) is 15.5. The van der Waals surface area contributed by atoms with E-state index in [9.17, 15) is 13.2 Å². The molecule has 112 valence electrons. The number of alkyl halides is 3. The maximum atomic E-state index is 12.3. The molecule has 0 bridgehead atoms. The Balaban J connectivity index is 2.11. The van der Waals surface area contributed by atoms with Gasteiger partial charge in [-0.2, -0.15) is 0 Å². The highest BCUT2D eigenvalue weighted by atomic mass is 79.9. The highest BCUT2D eigenvalue weighted by Gasteiger charge is 2.32. The Kier molecular flexibility index (Phi) is 4.62. The lowest BCUT2D eigenvalue weighted by Crippen LogP contribution is -2.17. The van der Waals surface area contributed by atoms with Crippen molar-refractivity contribution in [2.75, 3.05) is 5.73 Å². The lowest BCUT2D eigenvalue weighted by Gasteiger charge is -2.14. The van der Waals surface area contributed by atoms with Gasteiger partial charge in [-0.25, -0.2) is 0 Å². The average molecular weight is 362 g/mol. The molecule has 0 unspecified atom stereocenters. The van der Waals surface area contributed by atoms with Crippen molar-refractivity contribution >= 4 is 21.6 Å². The zero-order valence-electron chi connectivity index (χ0n) is 10.7. The number of nitrogen functional groups attached to an aromatic ring is 1. The summed E-state index contributed by atoms with van der Waals surface area (Å²) in [6.45, 7) is 0.0791. The van der Waals surface area contributed by atoms with Gasteiger partial charge in [-0.1, -0.05) is 18.2 Å². The fourth-order valence-electron chi connectivity index (χ4n) is 1.62. The molecule has 0 fully saturated rings. The molecule has 0 aromatic heterocycles. The quantitative estimate of drug-likeness (QED) is 0.814. The smallest absolute Gasteiger partial charge is 0.485 e. The highest BCUT2D eigenvalue weighted by molar-refractivity contribution is 9.10. The highest BCUT2D eigenvalue weighted by Crippen LogP contribution is 2.32. The van der Waals surface area contributed by atoms with Gasteiger partial charge in [-0.15, -0.1) is 13.2 Å². The number of anilines is 1. The first-order chi connectivity index (χ1) is 9.85. The van der Waals surface area contributed by atoms with Crippen molar-refractivity contribution in [3.8, 4) is 11.5 Å². The van der Waals surface area contributed by atoms with Crippen LogP contribution in [0.1, 0.15) is 5.56 Å². The molecule has 0 spiro atoms. The SMILES string of the molecule is Nc1cc(COc2ccccc2OC(F)(F)F)ccc1Br. The molecule has 2 aromatic rings. The number of halogens is 4. The molecule has 0 heterocycles. The lowest BCUT2D eigenvalue weighted by molar-refractivity contribution is -0.275. The van der Waals surface area contributed by atoms with E-state index in [1.54, 1.807) is 24.3 Å². The van der Waals surface area contributed by atoms with E-state index in [1.165, 1.54) is 18.2 Å². The fraction of sp³-hybridized carbons (Fsp3) is 0.143. The van der Waals surface area contributed by atoms with Crippen LogP contribution in [0.2, 0.25) is 0 Å². The Morgan fingerprint density at radius 3 is 2.33 bits per heavy atom. The summed E-state index contributed by atoms with van der Waals surface area (Å²) in [5.74, 6) is -0.369. The molecule has 2 N–H and O–H groups in total. The molecule has 3 nitrogen and oxygen atoms in total. The summed E-state index contributed by atoms with van der Waals surface area (Å²) in [7, 11) is 0. The maximum absolute atomic E-state index is 12.3. The molecule has 0 aliphatic rings. The summed E-state index contributed by atoms with van der Waals surface area (Å²) in [4.78, 5) is 0. The summed E-state index contributed by atoms with van der Waals surface area (Å²) >= 11 is 3.26. The Hall–Kier alpha value is -1.89. The number of hydrogen-bond acceptors (Lipinski definition) is 3. The standard InChI is InChI=1S/C14H11BrF3NO2/c15-10-6-5-9(7-11(10)19)8-20-12-3-1-2-4-13(12)21-14(16,17)18/h1-7H,8,19H2. The largest absolute Gasteiger partial charge is 0.573 e. The van der Waals surface area contributed by atoms with Crippen LogP contribution in [-0.2, 0) is 6.61 Å². The van der Waals surface area contributed by atoms with Gasteiger partial charge in [-0.3, -0.25) is 0 Å². The maximum Gasteiger partial charge on any atom is 0.573 e. The number of nitrogens with two attached hydrogens (primary N) is 1. The lowest BCUT2D eigenvalue weighted by atomic mass is 10.2. The van der Waals surface area contributed by atoms with E-state index < -0.39 is 6.36 Å². The number of para-hydroxylation sites is 2. The van der Waals surface area contributed by atoms with E-state index in [-0.39, 0.29) is 18.1 Å². The van der Waals surface area contributed by atoms with E-state index in [0.29, 0.717) is 5.69 Å². The van der Waals surface area contributed by atoms with Gasteiger partial charge in [0.25, 0.3) is 0 Å². The van der Waals surface area contributed by atoms with Crippen LogP contribution >= 0.6 is 15.9 Å². The van der Waals surface area contributed by atoms with Crippen LogP contribution in [0.15, 0.2) is 46.9 Å². The Morgan fingerprint density at radius 1 is 1.05 bits per heavy atom. The van der Waals surface area contributed by atoms with Crippen molar-refractivity contribution in [2.45, 2.75) is 13.0 Å². The number of ether oxygens (including phenoxy) is 2. The average Bonchev–Trinajstić information content (AvgIpc) is 2.40. The molecule has 21 heavy (non-hydrogen) atoms. The summed E-state index contributed by atoms with van der Waals surface area (Å²) in [5.41, 5.74) is 6.98. The summed E-state index contributed by atoms with van der Waals surface area (Å²) in [5, 5.41) is 0. The number of rotatable bonds is 4.